The lowest BCUT2D eigenvalue weighted by Gasteiger charge is -2.34. The molecule has 0 aromatic heterocycles. The normalized spacial score (nSPS) is 17.3. The Morgan fingerprint density at radius 1 is 1.39 bits per heavy atom. The van der Waals surface area contributed by atoms with Crippen LogP contribution in [0.3, 0.4) is 0 Å². The fraction of sp³-hybridized carbons (Fsp3) is 0.867. The van der Waals surface area contributed by atoms with Gasteiger partial charge in [0.2, 0.25) is 0 Å². The second-order valence-electron chi connectivity index (χ2n) is 5.29. The van der Waals surface area contributed by atoms with Crippen LogP contribution in [0.5, 0.6) is 0 Å². The minimum absolute atomic E-state index is 0.417. The third-order valence-electron chi connectivity index (χ3n) is 3.33. The Morgan fingerprint density at radius 3 is 2.56 bits per heavy atom. The standard InChI is InChI=1S/C15H31NO2/c1-6-8-9-12-18-15(5,7-2)14(17)10-11-16-13(3)4/h6,8,13-14,16-17H,7,9-12H2,1-5H3/b8-6+. The molecule has 3 heteroatoms. The molecule has 0 bridgehead atoms. The topological polar surface area (TPSA) is 41.5 Å². The molecule has 0 spiro atoms. The van der Waals surface area contributed by atoms with Gasteiger partial charge in [0.1, 0.15) is 0 Å². The van der Waals surface area contributed by atoms with Crippen molar-refractivity contribution in [3.05, 3.63) is 12.2 Å². The van der Waals surface area contributed by atoms with Crippen molar-refractivity contribution in [3.63, 3.8) is 0 Å². The molecule has 2 unspecified atom stereocenters. The molecule has 18 heavy (non-hydrogen) atoms. The summed E-state index contributed by atoms with van der Waals surface area (Å²) in [5, 5.41) is 13.6. The van der Waals surface area contributed by atoms with Crippen molar-refractivity contribution in [2.45, 2.75) is 71.6 Å². The van der Waals surface area contributed by atoms with Crippen LogP contribution in [0.1, 0.15) is 53.9 Å². The van der Waals surface area contributed by atoms with Crippen molar-refractivity contribution in [2.75, 3.05) is 13.2 Å². The molecule has 0 aliphatic rings. The van der Waals surface area contributed by atoms with Crippen molar-refractivity contribution in [3.8, 4) is 0 Å². The molecule has 0 radical (unpaired) electrons. The fourth-order valence-corrected chi connectivity index (χ4v) is 1.77. The van der Waals surface area contributed by atoms with Gasteiger partial charge in [0.15, 0.2) is 0 Å². The molecular weight excluding hydrogens is 226 g/mol. The van der Waals surface area contributed by atoms with Crippen molar-refractivity contribution in [1.29, 1.82) is 0 Å². The maximum Gasteiger partial charge on any atom is 0.0910 e. The van der Waals surface area contributed by atoms with Crippen LogP contribution in [0, 0.1) is 0 Å². The first-order chi connectivity index (χ1) is 8.46. The summed E-state index contributed by atoms with van der Waals surface area (Å²) in [5.74, 6) is 0. The number of hydrogen-bond acceptors (Lipinski definition) is 3. The number of aliphatic hydroxyl groups excluding tert-OH is 1. The van der Waals surface area contributed by atoms with Gasteiger partial charge in [0.05, 0.1) is 18.3 Å². The number of nitrogens with one attached hydrogen (secondary N) is 1. The average molecular weight is 257 g/mol. The Morgan fingerprint density at radius 2 is 2.06 bits per heavy atom. The third kappa shape index (κ3) is 7.14. The van der Waals surface area contributed by atoms with Gasteiger partial charge in [-0.25, -0.2) is 0 Å². The summed E-state index contributed by atoms with van der Waals surface area (Å²) in [6.07, 6.45) is 6.15. The van der Waals surface area contributed by atoms with E-state index in [2.05, 4.69) is 32.2 Å². The molecule has 0 aliphatic heterocycles. The summed E-state index contributed by atoms with van der Waals surface area (Å²) in [4.78, 5) is 0. The molecule has 0 fully saturated rings. The molecule has 0 rings (SSSR count). The van der Waals surface area contributed by atoms with Crippen LogP contribution >= 0.6 is 0 Å². The zero-order valence-corrected chi connectivity index (χ0v) is 12.7. The summed E-state index contributed by atoms with van der Waals surface area (Å²) < 4.78 is 5.87. The van der Waals surface area contributed by atoms with Crippen LogP contribution < -0.4 is 5.32 Å². The van der Waals surface area contributed by atoms with Crippen LogP contribution in [0.2, 0.25) is 0 Å². The van der Waals surface area contributed by atoms with Gasteiger partial charge in [0.25, 0.3) is 0 Å². The zero-order valence-electron chi connectivity index (χ0n) is 12.7. The van der Waals surface area contributed by atoms with E-state index in [0.717, 1.165) is 25.8 Å². The fourth-order valence-electron chi connectivity index (χ4n) is 1.77. The van der Waals surface area contributed by atoms with E-state index < -0.39 is 11.7 Å². The SMILES string of the molecule is C/C=C/CCOC(C)(CC)C(O)CCNC(C)C. The lowest BCUT2D eigenvalue weighted by atomic mass is 9.93. The number of hydrogen-bond donors (Lipinski definition) is 2. The number of aliphatic hydroxyl groups is 1. The molecule has 3 nitrogen and oxygen atoms in total. The molecule has 108 valence electrons. The lowest BCUT2D eigenvalue weighted by Crippen LogP contribution is -2.43. The van der Waals surface area contributed by atoms with Crippen molar-refractivity contribution < 1.29 is 9.84 Å². The molecule has 0 saturated heterocycles. The van der Waals surface area contributed by atoms with E-state index in [-0.39, 0.29) is 0 Å². The first-order valence-electron chi connectivity index (χ1n) is 7.12. The van der Waals surface area contributed by atoms with E-state index in [1.54, 1.807) is 0 Å². The molecule has 2 atom stereocenters. The van der Waals surface area contributed by atoms with Crippen LogP contribution in [0.25, 0.3) is 0 Å². The Kier molecular flexibility index (Phi) is 9.34. The molecule has 0 aromatic carbocycles. The summed E-state index contributed by atoms with van der Waals surface area (Å²) in [7, 11) is 0. The molecule has 0 aliphatic carbocycles. The molecule has 0 saturated carbocycles. The first-order valence-corrected chi connectivity index (χ1v) is 7.12. The highest BCUT2D eigenvalue weighted by molar-refractivity contribution is 4.84. The van der Waals surface area contributed by atoms with Gasteiger partial charge in [0, 0.05) is 6.04 Å². The lowest BCUT2D eigenvalue weighted by molar-refractivity contribution is -0.115. The second-order valence-corrected chi connectivity index (χ2v) is 5.29. The van der Waals surface area contributed by atoms with Gasteiger partial charge >= 0.3 is 0 Å². The van der Waals surface area contributed by atoms with Gasteiger partial charge in [-0.2, -0.15) is 0 Å². The molecule has 0 amide bonds. The minimum Gasteiger partial charge on any atom is -0.390 e. The van der Waals surface area contributed by atoms with Crippen LogP contribution in [-0.4, -0.2) is 36.0 Å². The molecular formula is C15H31NO2. The monoisotopic (exact) mass is 257 g/mol. The summed E-state index contributed by atoms with van der Waals surface area (Å²) in [5.41, 5.74) is -0.430. The molecule has 0 aromatic rings. The van der Waals surface area contributed by atoms with E-state index in [1.807, 2.05) is 19.9 Å². The Hall–Kier alpha value is -0.380. The molecule has 0 heterocycles. The average Bonchev–Trinajstić information content (AvgIpc) is 2.33. The van der Waals surface area contributed by atoms with Crippen molar-refractivity contribution >= 4 is 0 Å². The maximum absolute atomic E-state index is 10.3. The number of rotatable bonds is 10. The number of ether oxygens (including phenoxy) is 1. The van der Waals surface area contributed by atoms with Gasteiger partial charge in [-0.1, -0.05) is 32.9 Å². The predicted molar refractivity (Wildman–Crippen MR) is 77.8 cm³/mol. The minimum atomic E-state index is -0.430. The Labute approximate surface area is 113 Å². The highest BCUT2D eigenvalue weighted by atomic mass is 16.5. The van der Waals surface area contributed by atoms with Crippen LogP contribution in [-0.2, 0) is 4.74 Å². The number of allylic oxidation sites excluding steroid dienone is 1. The summed E-state index contributed by atoms with van der Waals surface area (Å²) in [6.45, 7) is 11.8. The zero-order chi connectivity index (χ0) is 14.0. The second kappa shape index (κ2) is 9.54. The predicted octanol–water partition coefficient (Wildman–Crippen LogP) is 2.89. The van der Waals surface area contributed by atoms with E-state index >= 15 is 0 Å². The van der Waals surface area contributed by atoms with E-state index in [4.69, 9.17) is 4.74 Å². The van der Waals surface area contributed by atoms with Gasteiger partial charge in [-0.15, -0.1) is 0 Å². The largest absolute Gasteiger partial charge is 0.390 e. The quantitative estimate of drug-likeness (QED) is 0.467. The molecule has 2 N–H and O–H groups in total. The third-order valence-corrected chi connectivity index (χ3v) is 3.33. The van der Waals surface area contributed by atoms with Gasteiger partial charge in [-0.05, 0) is 39.7 Å². The smallest absolute Gasteiger partial charge is 0.0910 e. The summed E-state index contributed by atoms with van der Waals surface area (Å²) >= 11 is 0. The first kappa shape index (κ1) is 17.6. The van der Waals surface area contributed by atoms with E-state index in [0.29, 0.717) is 12.6 Å². The highest BCUT2D eigenvalue weighted by Crippen LogP contribution is 2.22. The van der Waals surface area contributed by atoms with Crippen molar-refractivity contribution in [1.82, 2.24) is 5.32 Å². The Balaban J connectivity index is 4.08. The van der Waals surface area contributed by atoms with Crippen molar-refractivity contribution in [2.24, 2.45) is 0 Å². The van der Waals surface area contributed by atoms with E-state index in [9.17, 15) is 5.11 Å². The van der Waals surface area contributed by atoms with Gasteiger partial charge < -0.3 is 15.2 Å². The van der Waals surface area contributed by atoms with Crippen LogP contribution in [0.15, 0.2) is 12.2 Å². The Bertz CT molecular complexity index is 229. The summed E-state index contributed by atoms with van der Waals surface area (Å²) in [6, 6.07) is 0.459. The van der Waals surface area contributed by atoms with E-state index in [1.165, 1.54) is 0 Å². The van der Waals surface area contributed by atoms with Crippen LogP contribution in [0.4, 0.5) is 0 Å². The maximum atomic E-state index is 10.3. The van der Waals surface area contributed by atoms with Gasteiger partial charge in [-0.3, -0.25) is 0 Å². The highest BCUT2D eigenvalue weighted by Gasteiger charge is 2.31.